The van der Waals surface area contributed by atoms with Crippen LogP contribution in [0.1, 0.15) is 28.6 Å². The number of fused-ring (bicyclic) bond motifs is 3. The fraction of sp³-hybridized carbons (Fsp3) is 0.133. The number of hydrogen-bond donors (Lipinski definition) is 1. The number of benzene rings is 3. The molecule has 6 rings (SSSR count). The fourth-order valence-corrected chi connectivity index (χ4v) is 5.06. The Bertz CT molecular complexity index is 1620. The van der Waals surface area contributed by atoms with Crippen LogP contribution in [0.3, 0.4) is 0 Å². The van der Waals surface area contributed by atoms with Gasteiger partial charge in [-0.25, -0.2) is 13.9 Å². The number of aryl methyl sites for hydroxylation is 1. The summed E-state index contributed by atoms with van der Waals surface area (Å²) in [5.41, 5.74) is 4.49. The molecule has 0 saturated carbocycles. The van der Waals surface area contributed by atoms with Crippen molar-refractivity contribution >= 4 is 11.7 Å². The molecular formula is C30H26FN5O2. The van der Waals surface area contributed by atoms with Crippen molar-refractivity contribution in [2.75, 3.05) is 12.4 Å². The molecule has 0 fully saturated rings. The maximum Gasteiger partial charge on any atom is 0.323 e. The summed E-state index contributed by atoms with van der Waals surface area (Å²) in [6, 6.07) is 26.8. The van der Waals surface area contributed by atoms with Crippen LogP contribution in [-0.4, -0.2) is 32.4 Å². The second-order valence-electron chi connectivity index (χ2n) is 9.16. The number of hydrogen-bond acceptors (Lipinski definition) is 3. The van der Waals surface area contributed by atoms with Crippen molar-refractivity contribution in [2.45, 2.75) is 19.5 Å². The van der Waals surface area contributed by atoms with Crippen LogP contribution in [0.4, 0.5) is 14.9 Å². The van der Waals surface area contributed by atoms with Crippen molar-refractivity contribution in [3.8, 4) is 17.3 Å². The van der Waals surface area contributed by atoms with Gasteiger partial charge < -0.3 is 19.5 Å². The van der Waals surface area contributed by atoms with Gasteiger partial charge in [0.2, 0.25) is 0 Å². The highest BCUT2D eigenvalue weighted by molar-refractivity contribution is 5.90. The largest absolute Gasteiger partial charge is 0.497 e. The normalized spacial score (nSPS) is 14.4. The third-order valence-electron chi connectivity index (χ3n) is 6.87. The number of carbonyl (C=O) groups is 1. The maximum absolute atomic E-state index is 14.5. The lowest BCUT2D eigenvalue weighted by atomic mass is 10.0. The van der Waals surface area contributed by atoms with Gasteiger partial charge in [-0.05, 0) is 61.0 Å². The van der Waals surface area contributed by atoms with Crippen LogP contribution in [0, 0.1) is 12.7 Å². The summed E-state index contributed by atoms with van der Waals surface area (Å²) in [5.74, 6) is 1.05. The SMILES string of the molecule is COc1cccc([C@H]2c3cccn3-c3c(c(C)nn3-c3ccccc3)CN2C(=O)Nc2ccccc2F)c1. The number of anilines is 1. The number of para-hydroxylation sites is 2. The zero-order valence-electron chi connectivity index (χ0n) is 21.0. The Morgan fingerprint density at radius 1 is 1.00 bits per heavy atom. The van der Waals surface area contributed by atoms with Gasteiger partial charge in [0.15, 0.2) is 0 Å². The Balaban J connectivity index is 1.55. The molecule has 3 aromatic carbocycles. The van der Waals surface area contributed by atoms with Gasteiger partial charge >= 0.3 is 6.03 Å². The minimum absolute atomic E-state index is 0.124. The molecule has 0 spiro atoms. The monoisotopic (exact) mass is 507 g/mol. The third-order valence-corrected chi connectivity index (χ3v) is 6.87. The van der Waals surface area contributed by atoms with E-state index < -0.39 is 17.9 Å². The zero-order valence-corrected chi connectivity index (χ0v) is 21.0. The van der Waals surface area contributed by atoms with Crippen LogP contribution in [-0.2, 0) is 6.54 Å². The first-order valence-corrected chi connectivity index (χ1v) is 12.3. The first-order chi connectivity index (χ1) is 18.5. The molecule has 7 nitrogen and oxygen atoms in total. The second-order valence-corrected chi connectivity index (χ2v) is 9.16. The summed E-state index contributed by atoms with van der Waals surface area (Å²) >= 11 is 0. The van der Waals surface area contributed by atoms with E-state index >= 15 is 0 Å². The number of rotatable bonds is 4. The zero-order chi connectivity index (χ0) is 26.2. The molecule has 0 aliphatic carbocycles. The van der Waals surface area contributed by atoms with Crippen LogP contribution in [0.25, 0.3) is 11.5 Å². The standard InChI is InChI=1S/C30H26FN5O2/c1-20-24-19-35(30(37)32-26-15-7-6-14-25(26)31)28(21-10-8-13-23(18-21)38-2)27-16-9-17-34(27)29(24)36(33-20)22-11-4-3-5-12-22/h3-18,28H,19H2,1-2H3,(H,32,37)/t28-/m0/s1. The Labute approximate surface area is 219 Å². The van der Waals surface area contributed by atoms with Crippen LogP contribution < -0.4 is 10.1 Å². The molecule has 8 heteroatoms. The number of carbonyl (C=O) groups excluding carboxylic acids is 1. The van der Waals surface area contributed by atoms with Crippen molar-refractivity contribution in [3.05, 3.63) is 126 Å². The molecule has 2 aromatic heterocycles. The number of amides is 2. The lowest BCUT2D eigenvalue weighted by Gasteiger charge is -2.31. The van der Waals surface area contributed by atoms with Crippen LogP contribution in [0.15, 0.2) is 97.2 Å². The number of halogens is 1. The van der Waals surface area contributed by atoms with Gasteiger partial charge in [-0.3, -0.25) is 0 Å². The lowest BCUT2D eigenvalue weighted by Crippen LogP contribution is -2.38. The summed E-state index contributed by atoms with van der Waals surface area (Å²) in [4.78, 5) is 15.6. The minimum Gasteiger partial charge on any atom is -0.497 e. The predicted molar refractivity (Wildman–Crippen MR) is 143 cm³/mol. The van der Waals surface area contributed by atoms with Crippen molar-refractivity contribution in [3.63, 3.8) is 0 Å². The molecule has 5 aromatic rings. The van der Waals surface area contributed by atoms with Crippen LogP contribution >= 0.6 is 0 Å². The van der Waals surface area contributed by atoms with Gasteiger partial charge in [-0.1, -0.05) is 42.5 Å². The van der Waals surface area contributed by atoms with Gasteiger partial charge in [0.1, 0.15) is 17.4 Å². The average Bonchev–Trinajstić information content (AvgIpc) is 3.50. The average molecular weight is 508 g/mol. The van der Waals surface area contributed by atoms with Gasteiger partial charge in [0.05, 0.1) is 42.5 Å². The van der Waals surface area contributed by atoms with Gasteiger partial charge in [0.25, 0.3) is 0 Å². The van der Waals surface area contributed by atoms with E-state index in [1.807, 2.05) is 84.5 Å². The number of aromatic nitrogens is 3. The van der Waals surface area contributed by atoms with Gasteiger partial charge in [-0.2, -0.15) is 5.10 Å². The fourth-order valence-electron chi connectivity index (χ4n) is 5.06. The summed E-state index contributed by atoms with van der Waals surface area (Å²) in [6.45, 7) is 2.21. The van der Waals surface area contributed by atoms with Crippen molar-refractivity contribution in [1.82, 2.24) is 19.2 Å². The molecule has 2 amide bonds. The summed E-state index contributed by atoms with van der Waals surface area (Å²) in [6.07, 6.45) is 1.99. The van der Waals surface area contributed by atoms with Gasteiger partial charge in [-0.15, -0.1) is 0 Å². The molecule has 0 unspecified atom stereocenters. The Hall–Kier alpha value is -4.85. The van der Waals surface area contributed by atoms with E-state index in [2.05, 4.69) is 9.88 Å². The summed E-state index contributed by atoms with van der Waals surface area (Å²) < 4.78 is 24.0. The number of methoxy groups -OCH3 is 1. The predicted octanol–water partition coefficient (Wildman–Crippen LogP) is 6.26. The van der Waals surface area contributed by atoms with Crippen LogP contribution in [0.5, 0.6) is 5.75 Å². The quantitative estimate of drug-likeness (QED) is 0.312. The van der Waals surface area contributed by atoms with Crippen molar-refractivity contribution in [1.29, 1.82) is 0 Å². The van der Waals surface area contributed by atoms with E-state index in [9.17, 15) is 9.18 Å². The molecule has 38 heavy (non-hydrogen) atoms. The highest BCUT2D eigenvalue weighted by atomic mass is 19.1. The Morgan fingerprint density at radius 2 is 1.79 bits per heavy atom. The molecule has 0 saturated heterocycles. The van der Waals surface area contributed by atoms with Crippen molar-refractivity contribution in [2.24, 2.45) is 0 Å². The number of ether oxygens (including phenoxy) is 1. The van der Waals surface area contributed by atoms with Crippen LogP contribution in [0.2, 0.25) is 0 Å². The highest BCUT2D eigenvalue weighted by Gasteiger charge is 2.36. The summed E-state index contributed by atoms with van der Waals surface area (Å²) in [5, 5.41) is 7.65. The summed E-state index contributed by atoms with van der Waals surface area (Å²) in [7, 11) is 1.62. The number of urea groups is 1. The van der Waals surface area contributed by atoms with Crippen molar-refractivity contribution < 1.29 is 13.9 Å². The molecular weight excluding hydrogens is 481 g/mol. The minimum atomic E-state index is -0.495. The van der Waals surface area contributed by atoms with Gasteiger partial charge in [0, 0.05) is 11.8 Å². The van der Waals surface area contributed by atoms with E-state index in [1.165, 1.54) is 6.07 Å². The Kier molecular flexibility index (Phi) is 5.92. The van der Waals surface area contributed by atoms with E-state index in [1.54, 1.807) is 30.2 Å². The molecule has 0 bridgehead atoms. The van der Waals surface area contributed by atoms with E-state index in [0.29, 0.717) is 5.75 Å². The number of nitrogens with zero attached hydrogens (tertiary/aromatic N) is 4. The number of nitrogens with one attached hydrogen (secondary N) is 1. The Morgan fingerprint density at radius 3 is 2.58 bits per heavy atom. The molecule has 1 atom stereocenters. The molecule has 3 heterocycles. The topological polar surface area (TPSA) is 64.3 Å². The molecule has 1 aliphatic heterocycles. The third kappa shape index (κ3) is 4.00. The van der Waals surface area contributed by atoms with E-state index in [4.69, 9.17) is 9.84 Å². The molecule has 1 aliphatic rings. The molecule has 190 valence electrons. The first-order valence-electron chi connectivity index (χ1n) is 12.3. The maximum atomic E-state index is 14.5. The van der Waals surface area contributed by atoms with E-state index in [0.717, 1.165) is 34.0 Å². The smallest absolute Gasteiger partial charge is 0.323 e. The first kappa shape index (κ1) is 23.5. The molecule has 0 radical (unpaired) electrons. The molecule has 1 N–H and O–H groups in total. The highest BCUT2D eigenvalue weighted by Crippen LogP contribution is 2.39. The van der Waals surface area contributed by atoms with E-state index in [-0.39, 0.29) is 12.2 Å². The second kappa shape index (κ2) is 9.55. The lowest BCUT2D eigenvalue weighted by molar-refractivity contribution is 0.194.